The maximum Gasteiger partial charge on any atom is 0.229 e. The van der Waals surface area contributed by atoms with E-state index < -0.39 is 21.7 Å². The molecule has 0 bridgehead atoms. The number of anilines is 1. The Morgan fingerprint density at radius 1 is 1.33 bits per heavy atom. The fraction of sp³-hybridized carbons (Fsp3) is 0.250. The number of halogens is 2. The zero-order chi connectivity index (χ0) is 11.6. The molecule has 0 unspecified atom stereocenters. The van der Waals surface area contributed by atoms with Crippen LogP contribution in [0.4, 0.5) is 14.5 Å². The summed E-state index contributed by atoms with van der Waals surface area (Å²) in [6.07, 6.45) is 2.50. The highest BCUT2D eigenvalue weighted by molar-refractivity contribution is 7.99. The van der Waals surface area contributed by atoms with E-state index in [1.807, 2.05) is 4.72 Å². The molecule has 0 saturated carbocycles. The highest BCUT2D eigenvalue weighted by Gasteiger charge is 2.14. The number of benzene rings is 1. The van der Waals surface area contributed by atoms with Crippen LogP contribution >= 0.6 is 11.8 Å². The molecule has 15 heavy (non-hydrogen) atoms. The summed E-state index contributed by atoms with van der Waals surface area (Å²) in [6.45, 7) is 0. The Hall–Kier alpha value is -0.820. The van der Waals surface area contributed by atoms with Gasteiger partial charge in [0, 0.05) is 11.0 Å². The number of sulfonamides is 1. The van der Waals surface area contributed by atoms with Gasteiger partial charge in [-0.3, -0.25) is 4.72 Å². The molecule has 84 valence electrons. The number of rotatable bonds is 3. The molecule has 0 radical (unpaired) electrons. The zero-order valence-electron chi connectivity index (χ0n) is 8.04. The van der Waals surface area contributed by atoms with Crippen LogP contribution in [0.25, 0.3) is 0 Å². The van der Waals surface area contributed by atoms with Crippen LogP contribution in [0.15, 0.2) is 17.0 Å². The van der Waals surface area contributed by atoms with E-state index in [0.717, 1.165) is 24.1 Å². The fourth-order valence-electron chi connectivity index (χ4n) is 0.995. The molecule has 0 aliphatic rings. The SMILES string of the molecule is CSc1cc(F)cc(F)c1NS(C)(=O)=O. The number of thioether (sulfide) groups is 1. The van der Waals surface area contributed by atoms with Crippen molar-refractivity contribution >= 4 is 27.5 Å². The van der Waals surface area contributed by atoms with Crippen LogP contribution < -0.4 is 4.72 Å². The molecule has 1 aromatic carbocycles. The van der Waals surface area contributed by atoms with Crippen LogP contribution in [0.1, 0.15) is 0 Å². The first kappa shape index (κ1) is 12.3. The van der Waals surface area contributed by atoms with Gasteiger partial charge in [-0.05, 0) is 12.3 Å². The van der Waals surface area contributed by atoms with Gasteiger partial charge in [-0.2, -0.15) is 0 Å². The van der Waals surface area contributed by atoms with Gasteiger partial charge in [0.2, 0.25) is 10.0 Å². The molecule has 0 saturated heterocycles. The molecule has 0 spiro atoms. The van der Waals surface area contributed by atoms with E-state index in [4.69, 9.17) is 0 Å². The van der Waals surface area contributed by atoms with Crippen molar-refractivity contribution < 1.29 is 17.2 Å². The second-order valence-electron chi connectivity index (χ2n) is 2.84. The predicted octanol–water partition coefficient (Wildman–Crippen LogP) is 2.06. The lowest BCUT2D eigenvalue weighted by molar-refractivity contribution is 0.578. The van der Waals surface area contributed by atoms with Gasteiger partial charge in [0.25, 0.3) is 0 Å². The molecule has 0 heterocycles. The minimum absolute atomic E-state index is 0.206. The highest BCUT2D eigenvalue weighted by Crippen LogP contribution is 2.29. The van der Waals surface area contributed by atoms with Crippen LogP contribution in [0.3, 0.4) is 0 Å². The van der Waals surface area contributed by atoms with E-state index in [9.17, 15) is 17.2 Å². The molecule has 1 aromatic rings. The van der Waals surface area contributed by atoms with E-state index in [2.05, 4.69) is 0 Å². The quantitative estimate of drug-likeness (QED) is 0.839. The summed E-state index contributed by atoms with van der Waals surface area (Å²) in [5, 5.41) is 0. The average Bonchev–Trinajstić information content (AvgIpc) is 2.07. The van der Waals surface area contributed by atoms with E-state index in [1.54, 1.807) is 6.26 Å². The smallest absolute Gasteiger partial charge is 0.229 e. The lowest BCUT2D eigenvalue weighted by Crippen LogP contribution is -2.12. The van der Waals surface area contributed by atoms with Gasteiger partial charge in [-0.15, -0.1) is 11.8 Å². The lowest BCUT2D eigenvalue weighted by Gasteiger charge is -2.09. The highest BCUT2D eigenvalue weighted by atomic mass is 32.2. The second kappa shape index (κ2) is 4.36. The number of hydrogen-bond acceptors (Lipinski definition) is 3. The Kier molecular flexibility index (Phi) is 3.56. The Morgan fingerprint density at radius 2 is 1.93 bits per heavy atom. The second-order valence-corrected chi connectivity index (χ2v) is 5.44. The van der Waals surface area contributed by atoms with E-state index in [-0.39, 0.29) is 10.6 Å². The third-order valence-corrected chi connectivity index (χ3v) is 2.86. The Labute approximate surface area is 90.9 Å². The first-order chi connectivity index (χ1) is 6.83. The zero-order valence-corrected chi connectivity index (χ0v) is 9.68. The lowest BCUT2D eigenvalue weighted by atomic mass is 10.3. The molecule has 7 heteroatoms. The summed E-state index contributed by atoms with van der Waals surface area (Å²) in [5.74, 6) is -1.67. The molecule has 0 aromatic heterocycles. The summed E-state index contributed by atoms with van der Waals surface area (Å²) in [7, 11) is -3.57. The number of hydrogen-bond donors (Lipinski definition) is 1. The van der Waals surface area contributed by atoms with E-state index >= 15 is 0 Å². The van der Waals surface area contributed by atoms with Gasteiger partial charge in [0.05, 0.1) is 11.9 Å². The van der Waals surface area contributed by atoms with Crippen molar-refractivity contribution in [1.29, 1.82) is 0 Å². The summed E-state index contributed by atoms with van der Waals surface area (Å²) >= 11 is 1.06. The molecule has 0 atom stereocenters. The summed E-state index contributed by atoms with van der Waals surface area (Å²) < 4.78 is 49.9. The first-order valence-electron chi connectivity index (χ1n) is 3.84. The molecular weight excluding hydrogens is 244 g/mol. The minimum atomic E-state index is -3.57. The van der Waals surface area contributed by atoms with Crippen molar-refractivity contribution in [3.05, 3.63) is 23.8 Å². The third kappa shape index (κ3) is 3.35. The van der Waals surface area contributed by atoms with Crippen LogP contribution in [-0.2, 0) is 10.0 Å². The van der Waals surface area contributed by atoms with Gasteiger partial charge < -0.3 is 0 Å². The molecule has 0 aliphatic carbocycles. The molecule has 1 N–H and O–H groups in total. The van der Waals surface area contributed by atoms with Crippen molar-refractivity contribution in [3.63, 3.8) is 0 Å². The monoisotopic (exact) mass is 253 g/mol. The molecule has 3 nitrogen and oxygen atoms in total. The standard InChI is InChI=1S/C8H9F2NO2S2/c1-14-7-4-5(9)3-6(10)8(7)11-15(2,12)13/h3-4,11H,1-2H3. The van der Waals surface area contributed by atoms with Crippen LogP contribution in [0.2, 0.25) is 0 Å². The maximum atomic E-state index is 13.2. The van der Waals surface area contributed by atoms with Crippen LogP contribution in [0.5, 0.6) is 0 Å². The fourth-order valence-corrected chi connectivity index (χ4v) is 2.22. The topological polar surface area (TPSA) is 46.2 Å². The normalized spacial score (nSPS) is 11.5. The first-order valence-corrected chi connectivity index (χ1v) is 6.96. The van der Waals surface area contributed by atoms with Gasteiger partial charge in [0.1, 0.15) is 5.82 Å². The minimum Gasteiger partial charge on any atom is -0.280 e. The van der Waals surface area contributed by atoms with Gasteiger partial charge in [0.15, 0.2) is 5.82 Å². The van der Waals surface area contributed by atoms with Gasteiger partial charge in [-0.25, -0.2) is 17.2 Å². The molecular formula is C8H9F2NO2S2. The van der Waals surface area contributed by atoms with Crippen molar-refractivity contribution in [2.75, 3.05) is 17.2 Å². The van der Waals surface area contributed by atoms with Gasteiger partial charge >= 0.3 is 0 Å². The summed E-state index contributed by atoms with van der Waals surface area (Å²) in [6, 6.07) is 1.70. The molecule has 0 aliphatic heterocycles. The van der Waals surface area contributed by atoms with E-state index in [1.165, 1.54) is 0 Å². The van der Waals surface area contributed by atoms with Crippen molar-refractivity contribution in [2.24, 2.45) is 0 Å². The third-order valence-electron chi connectivity index (χ3n) is 1.53. The largest absolute Gasteiger partial charge is 0.280 e. The molecule has 0 fully saturated rings. The van der Waals surface area contributed by atoms with Crippen LogP contribution in [0, 0.1) is 11.6 Å². The Balaban J connectivity index is 3.27. The van der Waals surface area contributed by atoms with Gasteiger partial charge in [-0.1, -0.05) is 0 Å². The van der Waals surface area contributed by atoms with Crippen LogP contribution in [-0.4, -0.2) is 20.9 Å². The number of nitrogens with one attached hydrogen (secondary N) is 1. The van der Waals surface area contributed by atoms with Crippen molar-refractivity contribution in [2.45, 2.75) is 4.90 Å². The molecule has 0 amide bonds. The molecule has 1 rings (SSSR count). The summed E-state index contributed by atoms with van der Waals surface area (Å²) in [5.41, 5.74) is -0.216. The van der Waals surface area contributed by atoms with Crippen molar-refractivity contribution in [1.82, 2.24) is 0 Å². The van der Waals surface area contributed by atoms with Crippen molar-refractivity contribution in [3.8, 4) is 0 Å². The summed E-state index contributed by atoms with van der Waals surface area (Å²) in [4.78, 5) is 0.206. The average molecular weight is 253 g/mol. The predicted molar refractivity (Wildman–Crippen MR) is 56.6 cm³/mol. The Morgan fingerprint density at radius 3 is 2.40 bits per heavy atom. The maximum absolute atomic E-state index is 13.2. The Bertz CT molecular complexity index is 474. The van der Waals surface area contributed by atoms with E-state index in [0.29, 0.717) is 6.07 Å².